The first kappa shape index (κ1) is 21.7. The lowest BCUT2D eigenvalue weighted by Crippen LogP contribution is -2.04. The van der Waals surface area contributed by atoms with Crippen LogP contribution in [0.5, 0.6) is 5.75 Å². The summed E-state index contributed by atoms with van der Waals surface area (Å²) in [6, 6.07) is 7.00. The first-order chi connectivity index (χ1) is 12.3. The molecule has 0 aliphatic heterocycles. The van der Waals surface area contributed by atoms with Crippen molar-refractivity contribution in [2.75, 3.05) is 13.2 Å². The number of ketones is 1. The Morgan fingerprint density at radius 1 is 0.800 bits per heavy atom. The minimum Gasteiger partial charge on any atom is -0.494 e. The van der Waals surface area contributed by atoms with Crippen molar-refractivity contribution in [3.8, 4) is 5.75 Å². The number of aliphatic hydroxyl groups is 1. The summed E-state index contributed by atoms with van der Waals surface area (Å²) in [5.74, 6) is 0.532. The van der Waals surface area contributed by atoms with Crippen molar-refractivity contribution < 1.29 is 14.6 Å². The van der Waals surface area contributed by atoms with Gasteiger partial charge in [-0.3, -0.25) is 4.79 Å². The second-order valence-electron chi connectivity index (χ2n) is 6.84. The van der Waals surface area contributed by atoms with Crippen molar-refractivity contribution in [3.63, 3.8) is 0 Å². The molecular formula is C22H36O3. The minimum atomic E-state index is -0.445. The third kappa shape index (κ3) is 11.0. The summed E-state index contributed by atoms with van der Waals surface area (Å²) in [5, 5.41) is 8.81. The van der Waals surface area contributed by atoms with Crippen molar-refractivity contribution in [1.29, 1.82) is 0 Å². The fraction of sp³-hybridized carbons (Fsp3) is 0.682. The third-order valence-corrected chi connectivity index (χ3v) is 4.59. The van der Waals surface area contributed by atoms with E-state index < -0.39 is 6.61 Å². The number of hydrogen-bond acceptors (Lipinski definition) is 3. The molecular weight excluding hydrogens is 312 g/mol. The summed E-state index contributed by atoms with van der Waals surface area (Å²) in [4.78, 5) is 11.3. The van der Waals surface area contributed by atoms with E-state index in [-0.39, 0.29) is 5.78 Å². The molecule has 0 fully saturated rings. The van der Waals surface area contributed by atoms with Crippen molar-refractivity contribution in [1.82, 2.24) is 0 Å². The SMILES string of the molecule is CCCCCCCCCCCCCCOc1ccc(C(=O)CO)cc1. The Hall–Kier alpha value is -1.35. The molecule has 0 amide bonds. The van der Waals surface area contributed by atoms with Gasteiger partial charge in [0.1, 0.15) is 12.4 Å². The minimum absolute atomic E-state index is 0.257. The van der Waals surface area contributed by atoms with E-state index in [0.29, 0.717) is 5.56 Å². The van der Waals surface area contributed by atoms with Crippen LogP contribution >= 0.6 is 0 Å². The van der Waals surface area contributed by atoms with Gasteiger partial charge in [-0.25, -0.2) is 0 Å². The van der Waals surface area contributed by atoms with E-state index >= 15 is 0 Å². The Morgan fingerprint density at radius 3 is 1.76 bits per heavy atom. The number of carbonyl (C=O) groups is 1. The fourth-order valence-corrected chi connectivity index (χ4v) is 2.96. The van der Waals surface area contributed by atoms with E-state index in [4.69, 9.17) is 9.84 Å². The number of carbonyl (C=O) groups excluding carboxylic acids is 1. The molecule has 0 aromatic heterocycles. The van der Waals surface area contributed by atoms with E-state index in [2.05, 4.69) is 6.92 Å². The zero-order valence-electron chi connectivity index (χ0n) is 16.0. The van der Waals surface area contributed by atoms with Crippen LogP contribution in [0.25, 0.3) is 0 Å². The van der Waals surface area contributed by atoms with Gasteiger partial charge >= 0.3 is 0 Å². The van der Waals surface area contributed by atoms with Crippen molar-refractivity contribution >= 4 is 5.78 Å². The molecule has 25 heavy (non-hydrogen) atoms. The molecule has 0 bridgehead atoms. The standard InChI is InChI=1S/C22H36O3/c1-2-3-4-5-6-7-8-9-10-11-12-13-18-25-21-16-14-20(15-17-21)22(24)19-23/h14-17,23H,2-13,18-19H2,1H3. The van der Waals surface area contributed by atoms with Gasteiger partial charge in [-0.2, -0.15) is 0 Å². The first-order valence-corrected chi connectivity index (χ1v) is 10.1. The maximum atomic E-state index is 11.3. The fourth-order valence-electron chi connectivity index (χ4n) is 2.96. The van der Waals surface area contributed by atoms with Crippen LogP contribution in [0.2, 0.25) is 0 Å². The summed E-state index contributed by atoms with van der Waals surface area (Å²) >= 11 is 0. The van der Waals surface area contributed by atoms with Crippen LogP contribution in [0.3, 0.4) is 0 Å². The lowest BCUT2D eigenvalue weighted by atomic mass is 10.1. The van der Waals surface area contributed by atoms with Gasteiger partial charge in [0.15, 0.2) is 5.78 Å². The van der Waals surface area contributed by atoms with E-state index in [1.807, 2.05) is 0 Å². The molecule has 1 aromatic carbocycles. The van der Waals surface area contributed by atoms with E-state index in [9.17, 15) is 4.79 Å². The first-order valence-electron chi connectivity index (χ1n) is 10.1. The van der Waals surface area contributed by atoms with Crippen LogP contribution in [-0.2, 0) is 0 Å². The summed E-state index contributed by atoms with van der Waals surface area (Å²) < 4.78 is 5.69. The molecule has 0 aliphatic carbocycles. The van der Waals surface area contributed by atoms with Gasteiger partial charge in [0, 0.05) is 5.56 Å². The van der Waals surface area contributed by atoms with Gasteiger partial charge in [0.2, 0.25) is 0 Å². The van der Waals surface area contributed by atoms with Gasteiger partial charge in [0.05, 0.1) is 6.61 Å². The summed E-state index contributed by atoms with van der Waals surface area (Å²) in [6.45, 7) is 2.55. The van der Waals surface area contributed by atoms with Gasteiger partial charge in [-0.05, 0) is 30.7 Å². The quantitative estimate of drug-likeness (QED) is 0.297. The topological polar surface area (TPSA) is 46.5 Å². The Kier molecular flexibility index (Phi) is 13.0. The predicted molar refractivity (Wildman–Crippen MR) is 104 cm³/mol. The zero-order chi connectivity index (χ0) is 18.2. The van der Waals surface area contributed by atoms with Crippen LogP contribution < -0.4 is 4.74 Å². The zero-order valence-corrected chi connectivity index (χ0v) is 16.0. The molecule has 0 saturated carbocycles. The molecule has 0 spiro atoms. The molecule has 0 radical (unpaired) electrons. The molecule has 3 nitrogen and oxygen atoms in total. The van der Waals surface area contributed by atoms with Gasteiger partial charge in [-0.15, -0.1) is 0 Å². The monoisotopic (exact) mass is 348 g/mol. The highest BCUT2D eigenvalue weighted by Gasteiger charge is 2.03. The Morgan fingerprint density at radius 2 is 1.28 bits per heavy atom. The van der Waals surface area contributed by atoms with Crippen LogP contribution in [0.1, 0.15) is 94.3 Å². The van der Waals surface area contributed by atoms with E-state index in [1.54, 1.807) is 24.3 Å². The average Bonchev–Trinajstić information content (AvgIpc) is 2.65. The highest BCUT2D eigenvalue weighted by atomic mass is 16.5. The lowest BCUT2D eigenvalue weighted by Gasteiger charge is -2.07. The highest BCUT2D eigenvalue weighted by molar-refractivity contribution is 5.96. The van der Waals surface area contributed by atoms with Crippen molar-refractivity contribution in [2.45, 2.75) is 84.0 Å². The highest BCUT2D eigenvalue weighted by Crippen LogP contribution is 2.14. The number of Topliss-reactive ketones (excluding diaryl/α,β-unsaturated/α-hetero) is 1. The van der Waals surface area contributed by atoms with E-state index in [0.717, 1.165) is 18.8 Å². The second-order valence-corrected chi connectivity index (χ2v) is 6.84. The number of benzene rings is 1. The van der Waals surface area contributed by atoms with Crippen LogP contribution in [0, 0.1) is 0 Å². The van der Waals surface area contributed by atoms with Crippen LogP contribution in [-0.4, -0.2) is 24.1 Å². The maximum absolute atomic E-state index is 11.3. The molecule has 0 saturated heterocycles. The Balaban J connectivity index is 1.91. The molecule has 1 rings (SSSR count). The number of aliphatic hydroxyl groups excluding tert-OH is 1. The van der Waals surface area contributed by atoms with Crippen LogP contribution in [0.4, 0.5) is 0 Å². The predicted octanol–water partition coefficient (Wildman–Crippen LogP) is 5.94. The Labute approximate surface area is 153 Å². The molecule has 0 aliphatic rings. The molecule has 3 heteroatoms. The number of ether oxygens (including phenoxy) is 1. The van der Waals surface area contributed by atoms with Crippen molar-refractivity contribution in [2.24, 2.45) is 0 Å². The number of rotatable bonds is 16. The van der Waals surface area contributed by atoms with Gasteiger partial charge < -0.3 is 9.84 Å². The smallest absolute Gasteiger partial charge is 0.188 e. The molecule has 0 unspecified atom stereocenters. The maximum Gasteiger partial charge on any atom is 0.188 e. The summed E-state index contributed by atoms with van der Waals surface area (Å²) in [5.41, 5.74) is 0.528. The molecule has 1 N–H and O–H groups in total. The second kappa shape index (κ2) is 14.9. The third-order valence-electron chi connectivity index (χ3n) is 4.59. The number of unbranched alkanes of at least 4 members (excludes halogenated alkanes) is 11. The molecule has 1 aromatic rings. The largest absolute Gasteiger partial charge is 0.494 e. The van der Waals surface area contributed by atoms with Gasteiger partial charge in [-0.1, -0.05) is 77.6 Å². The Bertz CT molecular complexity index is 439. The summed E-state index contributed by atoms with van der Waals surface area (Å²) in [7, 11) is 0. The van der Waals surface area contributed by atoms with Gasteiger partial charge in [0.25, 0.3) is 0 Å². The molecule has 0 atom stereocenters. The summed E-state index contributed by atoms with van der Waals surface area (Å²) in [6.07, 6.45) is 16.1. The molecule has 0 heterocycles. The normalized spacial score (nSPS) is 10.8. The van der Waals surface area contributed by atoms with Crippen LogP contribution in [0.15, 0.2) is 24.3 Å². The lowest BCUT2D eigenvalue weighted by molar-refractivity contribution is 0.0903. The average molecular weight is 349 g/mol. The van der Waals surface area contributed by atoms with E-state index in [1.165, 1.54) is 70.6 Å². The number of hydrogen-bond donors (Lipinski definition) is 1. The molecule has 142 valence electrons. The van der Waals surface area contributed by atoms with Crippen molar-refractivity contribution in [3.05, 3.63) is 29.8 Å².